The molecule has 34 heavy (non-hydrogen) atoms. The van der Waals surface area contributed by atoms with Crippen molar-refractivity contribution in [2.75, 3.05) is 59.0 Å². The molecule has 0 bridgehead atoms. The fraction of sp³-hybridized carbons (Fsp3) is 0.692. The van der Waals surface area contributed by atoms with Gasteiger partial charge in [-0.3, -0.25) is 14.5 Å². The zero-order valence-corrected chi connectivity index (χ0v) is 21.2. The topological polar surface area (TPSA) is 62.3 Å². The summed E-state index contributed by atoms with van der Waals surface area (Å²) < 4.78 is 12.4. The van der Waals surface area contributed by atoms with E-state index in [0.29, 0.717) is 37.0 Å². The second-order valence-corrected chi connectivity index (χ2v) is 10.4. The van der Waals surface area contributed by atoms with Crippen molar-refractivity contribution in [1.29, 1.82) is 0 Å². The minimum Gasteiger partial charge on any atom is -0.490 e. The lowest BCUT2D eigenvalue weighted by Gasteiger charge is -2.43. The van der Waals surface area contributed by atoms with E-state index in [9.17, 15) is 9.59 Å². The maximum Gasteiger partial charge on any atom is 0.236 e. The first-order valence-corrected chi connectivity index (χ1v) is 13.1. The number of amides is 2. The second kappa shape index (κ2) is 11.7. The van der Waals surface area contributed by atoms with Gasteiger partial charge in [0.15, 0.2) is 0 Å². The molecule has 3 fully saturated rings. The number of nitrogens with zero attached hydrogens (tertiary/aromatic N) is 3. The largest absolute Gasteiger partial charge is 0.490 e. The van der Waals surface area contributed by atoms with Crippen molar-refractivity contribution in [2.24, 2.45) is 0 Å². The van der Waals surface area contributed by atoms with Crippen molar-refractivity contribution in [2.45, 2.75) is 57.5 Å². The first-order valence-electron chi connectivity index (χ1n) is 12.7. The molecule has 3 aliphatic rings. The maximum atomic E-state index is 13.2. The second-order valence-electron chi connectivity index (χ2n) is 10.0. The predicted molar refractivity (Wildman–Crippen MR) is 132 cm³/mol. The van der Waals surface area contributed by atoms with E-state index >= 15 is 0 Å². The minimum absolute atomic E-state index is 0.0842. The van der Waals surface area contributed by atoms with Gasteiger partial charge in [0.2, 0.25) is 11.8 Å². The van der Waals surface area contributed by atoms with E-state index in [1.807, 2.05) is 34.9 Å². The Morgan fingerprint density at radius 2 is 1.68 bits per heavy atom. The molecule has 0 saturated carbocycles. The van der Waals surface area contributed by atoms with E-state index in [2.05, 4.69) is 4.90 Å². The number of ether oxygens (including phenoxy) is 2. The Balaban J connectivity index is 1.46. The van der Waals surface area contributed by atoms with E-state index in [1.54, 1.807) is 0 Å². The third-order valence-electron chi connectivity index (χ3n) is 7.22. The van der Waals surface area contributed by atoms with Crippen LogP contribution in [0.1, 0.15) is 50.5 Å². The minimum atomic E-state index is -0.863. The van der Waals surface area contributed by atoms with Gasteiger partial charge in [0.25, 0.3) is 0 Å². The fourth-order valence-electron chi connectivity index (χ4n) is 5.16. The maximum absolute atomic E-state index is 13.2. The number of aryl methyl sites for hydroxylation is 1. The molecule has 3 saturated heterocycles. The van der Waals surface area contributed by atoms with Crippen LogP contribution in [0.2, 0.25) is 5.02 Å². The van der Waals surface area contributed by atoms with Crippen LogP contribution >= 0.6 is 11.6 Å². The van der Waals surface area contributed by atoms with Gasteiger partial charge in [0, 0.05) is 24.7 Å². The number of carbonyl (C=O) groups is 2. The first-order chi connectivity index (χ1) is 16.4. The summed E-state index contributed by atoms with van der Waals surface area (Å²) in [6, 6.07) is 5.54. The summed E-state index contributed by atoms with van der Waals surface area (Å²) >= 11 is 6.17. The van der Waals surface area contributed by atoms with Crippen molar-refractivity contribution >= 4 is 23.4 Å². The number of rotatable bonds is 7. The summed E-state index contributed by atoms with van der Waals surface area (Å²) in [5.74, 6) is 0.885. The highest BCUT2D eigenvalue weighted by Crippen LogP contribution is 2.28. The summed E-state index contributed by atoms with van der Waals surface area (Å²) in [4.78, 5) is 32.5. The van der Waals surface area contributed by atoms with Crippen LogP contribution in [0.15, 0.2) is 18.2 Å². The number of benzene rings is 1. The Morgan fingerprint density at radius 1 is 0.971 bits per heavy atom. The van der Waals surface area contributed by atoms with Gasteiger partial charge in [-0.25, -0.2) is 0 Å². The van der Waals surface area contributed by atoms with E-state index < -0.39 is 5.60 Å². The molecule has 1 aromatic rings. The van der Waals surface area contributed by atoms with Crippen LogP contribution in [0.25, 0.3) is 0 Å². The van der Waals surface area contributed by atoms with Gasteiger partial charge in [-0.1, -0.05) is 18.0 Å². The molecule has 3 aliphatic heterocycles. The van der Waals surface area contributed by atoms with E-state index in [-0.39, 0.29) is 24.8 Å². The molecule has 4 rings (SSSR count). The number of carbonyl (C=O) groups excluding carboxylic acids is 2. The average molecular weight is 492 g/mol. The Labute approximate surface area is 208 Å². The molecule has 3 heterocycles. The molecule has 0 aliphatic carbocycles. The molecule has 1 aromatic carbocycles. The van der Waals surface area contributed by atoms with E-state index in [1.165, 1.54) is 12.8 Å². The lowest BCUT2D eigenvalue weighted by atomic mass is 9.96. The van der Waals surface area contributed by atoms with Gasteiger partial charge in [-0.05, 0) is 75.9 Å². The van der Waals surface area contributed by atoms with E-state index in [4.69, 9.17) is 21.1 Å². The molecular weight excluding hydrogens is 454 g/mol. The molecule has 2 amide bonds. The number of likely N-dealkylation sites (tertiary alicyclic amines) is 2. The van der Waals surface area contributed by atoms with Gasteiger partial charge in [0.1, 0.15) is 18.0 Å². The van der Waals surface area contributed by atoms with Crippen LogP contribution in [0.5, 0.6) is 5.75 Å². The lowest BCUT2D eigenvalue weighted by Crippen LogP contribution is -2.59. The number of morpholine rings is 1. The Bertz CT molecular complexity index is 854. The molecule has 0 spiro atoms. The van der Waals surface area contributed by atoms with Crippen LogP contribution in [-0.4, -0.2) is 91.1 Å². The van der Waals surface area contributed by atoms with Crippen molar-refractivity contribution in [1.82, 2.24) is 14.7 Å². The summed E-state index contributed by atoms with van der Waals surface area (Å²) in [7, 11) is 0. The number of halogens is 1. The van der Waals surface area contributed by atoms with Gasteiger partial charge in [0.05, 0.1) is 26.1 Å². The Kier molecular flexibility index (Phi) is 8.72. The zero-order chi connectivity index (χ0) is 24.0. The fourth-order valence-corrected chi connectivity index (χ4v) is 5.28. The highest BCUT2D eigenvalue weighted by Gasteiger charge is 2.42. The van der Waals surface area contributed by atoms with Gasteiger partial charge < -0.3 is 19.3 Å². The summed E-state index contributed by atoms with van der Waals surface area (Å²) in [6.45, 7) is 7.45. The summed E-state index contributed by atoms with van der Waals surface area (Å²) in [5.41, 5.74) is 0.0678. The standard InChI is InChI=1S/C26H38ClN3O4/c1-21-16-22(8-9-23(21)27)33-20-26(17-24(31)29-12-6-3-7-13-29)19-30(14-15-34-26)25(32)18-28-10-4-2-5-11-28/h8-9,16H,2-7,10-15,17-20H2,1H3/t26-/m1/s1. The van der Waals surface area contributed by atoms with Gasteiger partial charge in [-0.2, -0.15) is 0 Å². The molecule has 8 heteroatoms. The van der Waals surface area contributed by atoms with Crippen LogP contribution in [0.4, 0.5) is 0 Å². The van der Waals surface area contributed by atoms with E-state index in [0.717, 1.165) is 57.4 Å². The third-order valence-corrected chi connectivity index (χ3v) is 7.65. The average Bonchev–Trinajstić information content (AvgIpc) is 2.86. The predicted octanol–water partition coefficient (Wildman–Crippen LogP) is 3.51. The van der Waals surface area contributed by atoms with Crippen molar-refractivity contribution in [3.05, 3.63) is 28.8 Å². The molecule has 0 N–H and O–H groups in total. The van der Waals surface area contributed by atoms with Gasteiger partial charge >= 0.3 is 0 Å². The summed E-state index contributed by atoms with van der Waals surface area (Å²) in [6.07, 6.45) is 7.01. The third kappa shape index (κ3) is 6.64. The van der Waals surface area contributed by atoms with Crippen LogP contribution in [0, 0.1) is 6.92 Å². The smallest absolute Gasteiger partial charge is 0.236 e. The van der Waals surface area contributed by atoms with Crippen molar-refractivity contribution in [3.8, 4) is 5.75 Å². The lowest BCUT2D eigenvalue weighted by molar-refractivity contribution is -0.166. The molecule has 0 aromatic heterocycles. The molecule has 7 nitrogen and oxygen atoms in total. The molecule has 1 atom stereocenters. The van der Waals surface area contributed by atoms with Crippen molar-refractivity contribution in [3.63, 3.8) is 0 Å². The summed E-state index contributed by atoms with van der Waals surface area (Å²) in [5, 5.41) is 0.686. The molecular formula is C26H38ClN3O4. The normalized spacial score (nSPS) is 24.2. The Hall–Kier alpha value is -1.83. The number of piperidine rings is 2. The SMILES string of the molecule is Cc1cc(OC[C@@]2(CC(=O)N3CCCCC3)CN(C(=O)CN3CCCCC3)CCO2)ccc1Cl. The van der Waals surface area contributed by atoms with Crippen molar-refractivity contribution < 1.29 is 19.1 Å². The highest BCUT2D eigenvalue weighted by molar-refractivity contribution is 6.31. The van der Waals surface area contributed by atoms with Crippen LogP contribution in [-0.2, 0) is 14.3 Å². The van der Waals surface area contributed by atoms with Crippen LogP contribution < -0.4 is 4.74 Å². The Morgan fingerprint density at radius 3 is 2.38 bits per heavy atom. The molecule has 188 valence electrons. The molecule has 0 unspecified atom stereocenters. The first kappa shape index (κ1) is 25.3. The monoisotopic (exact) mass is 491 g/mol. The molecule has 0 radical (unpaired) electrons. The van der Waals surface area contributed by atoms with Gasteiger partial charge in [-0.15, -0.1) is 0 Å². The number of hydrogen-bond acceptors (Lipinski definition) is 5. The quantitative estimate of drug-likeness (QED) is 0.584. The number of hydrogen-bond donors (Lipinski definition) is 0. The highest BCUT2D eigenvalue weighted by atomic mass is 35.5. The van der Waals surface area contributed by atoms with Crippen LogP contribution in [0.3, 0.4) is 0 Å². The zero-order valence-electron chi connectivity index (χ0n) is 20.4.